The Labute approximate surface area is 228 Å². The highest BCUT2D eigenvalue weighted by molar-refractivity contribution is 6.06. The van der Waals surface area contributed by atoms with Crippen LogP contribution in [0.25, 0.3) is 22.0 Å². The summed E-state index contributed by atoms with van der Waals surface area (Å²) >= 11 is 0. The van der Waals surface area contributed by atoms with Gasteiger partial charge < -0.3 is 26.0 Å². The van der Waals surface area contributed by atoms with Gasteiger partial charge in [0.25, 0.3) is 5.91 Å². The van der Waals surface area contributed by atoms with Crippen LogP contribution in [0.3, 0.4) is 0 Å². The molecule has 1 aromatic carbocycles. The second-order valence-electron chi connectivity index (χ2n) is 11.4. The molecule has 1 amide bonds. The Bertz CT molecular complexity index is 1590. The Morgan fingerprint density at radius 1 is 1.25 bits per heavy atom. The van der Waals surface area contributed by atoms with Gasteiger partial charge in [-0.15, -0.1) is 0 Å². The van der Waals surface area contributed by atoms with Crippen molar-refractivity contribution in [3.8, 4) is 17.1 Å². The van der Waals surface area contributed by atoms with Crippen LogP contribution >= 0.6 is 0 Å². The van der Waals surface area contributed by atoms with E-state index in [0.717, 1.165) is 18.9 Å². The van der Waals surface area contributed by atoms with Crippen molar-refractivity contribution in [2.24, 2.45) is 0 Å². The number of carbonyl (C=O) groups excluding carboxylic acids is 1. The van der Waals surface area contributed by atoms with Gasteiger partial charge in [0.15, 0.2) is 5.82 Å². The summed E-state index contributed by atoms with van der Waals surface area (Å²) in [7, 11) is 1.44. The van der Waals surface area contributed by atoms with Crippen molar-refractivity contribution >= 4 is 28.2 Å². The van der Waals surface area contributed by atoms with E-state index in [1.807, 2.05) is 6.92 Å². The van der Waals surface area contributed by atoms with Gasteiger partial charge in [-0.3, -0.25) is 4.79 Å². The summed E-state index contributed by atoms with van der Waals surface area (Å²) in [6.45, 7) is 7.29. The predicted octanol–water partition coefficient (Wildman–Crippen LogP) is 4.49. The summed E-state index contributed by atoms with van der Waals surface area (Å²) in [6.07, 6.45) is -3.48. The minimum Gasteiger partial charge on any atom is -0.472 e. The second kappa shape index (κ2) is 8.66. The predicted molar refractivity (Wildman–Crippen MR) is 143 cm³/mol. The largest absolute Gasteiger partial charge is 0.472 e. The number of aromatic nitrogens is 2. The molecule has 8 nitrogen and oxygen atoms in total. The highest BCUT2D eigenvalue weighted by Gasteiger charge is 2.51. The van der Waals surface area contributed by atoms with E-state index in [4.69, 9.17) is 15.5 Å². The number of fused-ring (bicyclic) bond motifs is 5. The van der Waals surface area contributed by atoms with Gasteiger partial charge in [-0.1, -0.05) is 0 Å². The van der Waals surface area contributed by atoms with Gasteiger partial charge in [0.2, 0.25) is 5.88 Å². The number of halogens is 4. The number of rotatable bonds is 2. The van der Waals surface area contributed by atoms with E-state index in [0.29, 0.717) is 12.4 Å². The van der Waals surface area contributed by atoms with E-state index < -0.39 is 40.8 Å². The van der Waals surface area contributed by atoms with Crippen LogP contribution in [0.4, 0.5) is 29.1 Å². The molecule has 4 unspecified atom stereocenters. The number of nitrogens with two attached hydrogens (primary N) is 1. The first-order valence-electron chi connectivity index (χ1n) is 13.2. The van der Waals surface area contributed by atoms with E-state index in [9.17, 15) is 18.0 Å². The molecule has 4 N–H and O–H groups in total. The zero-order chi connectivity index (χ0) is 28.9. The molecule has 0 aliphatic carbocycles. The van der Waals surface area contributed by atoms with E-state index in [-0.39, 0.29) is 56.8 Å². The average Bonchev–Trinajstić information content (AvgIpc) is 3.11. The number of nitrogen functional groups attached to an aromatic ring is 1. The third-order valence-electron chi connectivity index (χ3n) is 8.50. The lowest BCUT2D eigenvalue weighted by molar-refractivity contribution is -0.137. The number of aryl methyl sites for hydroxylation is 2. The molecule has 3 aliphatic heterocycles. The zero-order valence-corrected chi connectivity index (χ0v) is 22.8. The van der Waals surface area contributed by atoms with Gasteiger partial charge in [-0.2, -0.15) is 13.2 Å². The lowest BCUT2D eigenvalue weighted by atomic mass is 9.94. The molecule has 3 aromatic rings. The number of nitrogens with one attached hydrogen (secondary N) is 2. The fourth-order valence-electron chi connectivity index (χ4n) is 6.84. The molecule has 212 valence electrons. The van der Waals surface area contributed by atoms with Crippen LogP contribution < -0.4 is 26.0 Å². The first-order valence-corrected chi connectivity index (χ1v) is 13.2. The maximum Gasteiger partial charge on any atom is 0.417 e. The lowest BCUT2D eigenvalue weighted by Crippen LogP contribution is -2.66. The van der Waals surface area contributed by atoms with Crippen molar-refractivity contribution in [2.75, 3.05) is 24.2 Å². The summed E-state index contributed by atoms with van der Waals surface area (Å²) < 4.78 is 65.9. The van der Waals surface area contributed by atoms with E-state index in [1.165, 1.54) is 27.0 Å². The summed E-state index contributed by atoms with van der Waals surface area (Å²) in [5.41, 5.74) is 3.66. The summed E-state index contributed by atoms with van der Waals surface area (Å²) in [6, 6.07) is 2.07. The molecule has 40 heavy (non-hydrogen) atoms. The molecule has 12 heteroatoms. The van der Waals surface area contributed by atoms with Crippen molar-refractivity contribution in [1.82, 2.24) is 20.6 Å². The third-order valence-corrected chi connectivity index (χ3v) is 8.50. The van der Waals surface area contributed by atoms with Crippen LogP contribution in [0.5, 0.6) is 5.88 Å². The Kier molecular flexibility index (Phi) is 5.75. The smallest absolute Gasteiger partial charge is 0.417 e. The highest BCUT2D eigenvalue weighted by atomic mass is 19.4. The maximum absolute atomic E-state index is 16.7. The molecule has 2 aromatic heterocycles. The van der Waals surface area contributed by atoms with Gasteiger partial charge in [0, 0.05) is 41.8 Å². The second-order valence-corrected chi connectivity index (χ2v) is 11.4. The van der Waals surface area contributed by atoms with E-state index >= 15 is 4.39 Å². The molecule has 6 rings (SSSR count). The number of hydrogen-bond donors (Lipinski definition) is 3. The minimum atomic E-state index is -4.80. The molecular weight excluding hydrogens is 528 g/mol. The van der Waals surface area contributed by atoms with Gasteiger partial charge in [-0.25, -0.2) is 14.4 Å². The molecule has 2 bridgehead atoms. The number of carbonyl (C=O) groups is 1. The Morgan fingerprint density at radius 3 is 2.65 bits per heavy atom. The van der Waals surface area contributed by atoms with Crippen LogP contribution in [0.15, 0.2) is 12.1 Å². The number of nitrogens with zero attached hydrogens (tertiary/aromatic N) is 3. The van der Waals surface area contributed by atoms with Crippen molar-refractivity contribution in [3.05, 3.63) is 40.3 Å². The van der Waals surface area contributed by atoms with Crippen molar-refractivity contribution in [3.63, 3.8) is 0 Å². The maximum atomic E-state index is 16.7. The Hall–Kier alpha value is -3.67. The number of hydrogen-bond acceptors (Lipinski definition) is 7. The van der Waals surface area contributed by atoms with Gasteiger partial charge in [-0.05, 0) is 63.8 Å². The number of pyridine rings is 2. The van der Waals surface area contributed by atoms with Crippen LogP contribution in [0.2, 0.25) is 0 Å². The van der Waals surface area contributed by atoms with E-state index in [2.05, 4.69) is 27.4 Å². The number of piperazine rings is 1. The molecule has 0 saturated carbocycles. The topological polar surface area (TPSA) is 105 Å². The normalized spacial score (nSPS) is 25.4. The molecule has 0 spiro atoms. The Balaban J connectivity index is 1.73. The summed E-state index contributed by atoms with van der Waals surface area (Å²) in [4.78, 5) is 24.2. The standard InChI is InChI=1S/C28H30F4N6O2/c1-11-8-14(33)9-15(19(11)28(30,31)32)22-20(29)17-12(2)21(25(39)34-5)35-24-18(17)26(36-22)40-13(3)23-16-6-7-27(4,37-16)10-38(23)24/h8-9,13,16,23,37H,6-7,10,33H2,1-5H3,(H,34,39). The highest BCUT2D eigenvalue weighted by Crippen LogP contribution is 2.48. The van der Waals surface area contributed by atoms with Crippen LogP contribution in [-0.4, -0.2) is 53.2 Å². The summed E-state index contributed by atoms with van der Waals surface area (Å²) in [5.74, 6) is -1.23. The van der Waals surface area contributed by atoms with Gasteiger partial charge in [0.1, 0.15) is 23.3 Å². The minimum absolute atomic E-state index is 0.0175. The fourth-order valence-corrected chi connectivity index (χ4v) is 6.84. The molecule has 5 heterocycles. The Morgan fingerprint density at radius 2 is 1.98 bits per heavy atom. The quantitative estimate of drug-likeness (QED) is 0.314. The van der Waals surface area contributed by atoms with E-state index in [1.54, 1.807) is 0 Å². The lowest BCUT2D eigenvalue weighted by Gasteiger charge is -2.46. The number of alkyl halides is 3. The number of benzene rings is 1. The molecule has 0 radical (unpaired) electrons. The number of anilines is 2. The summed E-state index contributed by atoms with van der Waals surface area (Å²) in [5, 5.41) is 6.39. The monoisotopic (exact) mass is 558 g/mol. The third kappa shape index (κ3) is 3.79. The van der Waals surface area contributed by atoms with Crippen LogP contribution in [-0.2, 0) is 6.18 Å². The van der Waals surface area contributed by atoms with Crippen molar-refractivity contribution in [2.45, 2.75) is 70.4 Å². The number of ether oxygens (including phenoxy) is 1. The SMILES string of the molecule is CNC(=O)c1nc2c3c(nc(-c4cc(N)cc(C)c4C(F)(F)F)c(F)c3c1C)OC(C)C1C3CCC(C)(CN21)N3. The van der Waals surface area contributed by atoms with Gasteiger partial charge in [0.05, 0.1) is 17.0 Å². The molecule has 3 aliphatic rings. The fraction of sp³-hybridized carbons (Fsp3) is 0.464. The average molecular weight is 559 g/mol. The van der Waals surface area contributed by atoms with Crippen LogP contribution in [0.1, 0.15) is 53.9 Å². The van der Waals surface area contributed by atoms with Crippen molar-refractivity contribution < 1.29 is 27.1 Å². The first-order chi connectivity index (χ1) is 18.7. The van der Waals surface area contributed by atoms with Crippen molar-refractivity contribution in [1.29, 1.82) is 0 Å². The molecule has 2 fully saturated rings. The molecule has 4 atom stereocenters. The molecular formula is C28H30F4N6O2. The number of amides is 1. The first kappa shape index (κ1) is 26.5. The van der Waals surface area contributed by atoms with Crippen LogP contribution in [0, 0.1) is 19.7 Å². The molecule has 2 saturated heterocycles. The van der Waals surface area contributed by atoms with Gasteiger partial charge >= 0.3 is 6.18 Å². The zero-order valence-electron chi connectivity index (χ0n) is 22.8.